The van der Waals surface area contributed by atoms with Crippen LogP contribution in [0.15, 0.2) is 64.4 Å². The van der Waals surface area contributed by atoms with Crippen molar-refractivity contribution in [3.8, 4) is 17.2 Å². The minimum atomic E-state index is -0.367. The average molecular weight is 390 g/mol. The van der Waals surface area contributed by atoms with Crippen LogP contribution in [-0.4, -0.2) is 25.7 Å². The lowest BCUT2D eigenvalue weighted by Crippen LogP contribution is -2.21. The lowest BCUT2D eigenvalue weighted by molar-refractivity contribution is -0.134. The van der Waals surface area contributed by atoms with Crippen molar-refractivity contribution in [2.24, 2.45) is 0 Å². The Morgan fingerprint density at radius 3 is 2.76 bits per heavy atom. The Morgan fingerprint density at radius 1 is 1.17 bits per heavy atom. The molecular weight excluding hydrogens is 372 g/mol. The fourth-order valence-electron chi connectivity index (χ4n) is 3.04. The summed E-state index contributed by atoms with van der Waals surface area (Å²) in [6.45, 7) is 2.31. The Kier molecular flexibility index (Phi) is 5.15. The molecule has 0 radical (unpaired) electrons. The van der Waals surface area contributed by atoms with Crippen LogP contribution in [-0.2, 0) is 11.3 Å². The third-order valence-electron chi connectivity index (χ3n) is 4.53. The van der Waals surface area contributed by atoms with Gasteiger partial charge in [-0.25, -0.2) is 4.98 Å². The molecular formula is C21H18N4O4. The monoisotopic (exact) mass is 390 g/mol. The molecule has 2 aromatic heterocycles. The number of aryl methyl sites for hydroxylation is 2. The number of fused-ring (bicyclic) bond motifs is 1. The molecule has 29 heavy (non-hydrogen) atoms. The summed E-state index contributed by atoms with van der Waals surface area (Å²) in [6.07, 6.45) is 3.43. The summed E-state index contributed by atoms with van der Waals surface area (Å²) in [4.78, 5) is 29.0. The van der Waals surface area contributed by atoms with Gasteiger partial charge in [0, 0.05) is 18.5 Å². The van der Waals surface area contributed by atoms with E-state index in [1.54, 1.807) is 30.3 Å². The van der Waals surface area contributed by atoms with Crippen LogP contribution >= 0.6 is 0 Å². The van der Waals surface area contributed by atoms with Gasteiger partial charge in [-0.1, -0.05) is 12.1 Å². The number of hydrogen-bond acceptors (Lipinski definition) is 7. The third kappa shape index (κ3) is 4.06. The van der Waals surface area contributed by atoms with Gasteiger partial charge in [0.1, 0.15) is 5.75 Å². The van der Waals surface area contributed by atoms with E-state index >= 15 is 0 Å². The molecule has 0 aliphatic heterocycles. The Labute approximate surface area is 165 Å². The summed E-state index contributed by atoms with van der Waals surface area (Å²) in [5.74, 6) is 0.457. The van der Waals surface area contributed by atoms with Crippen LogP contribution in [0.3, 0.4) is 0 Å². The first-order valence-electron chi connectivity index (χ1n) is 9.14. The molecule has 146 valence electrons. The van der Waals surface area contributed by atoms with Gasteiger partial charge in [-0.3, -0.25) is 14.2 Å². The minimum Gasteiger partial charge on any atom is -0.427 e. The molecule has 2 aromatic carbocycles. The first kappa shape index (κ1) is 18.5. The van der Waals surface area contributed by atoms with E-state index in [0.717, 1.165) is 11.1 Å². The maximum Gasteiger partial charge on any atom is 0.311 e. The van der Waals surface area contributed by atoms with Crippen molar-refractivity contribution >= 4 is 16.9 Å². The summed E-state index contributed by atoms with van der Waals surface area (Å²) in [5.41, 5.74) is 2.29. The molecule has 0 unspecified atom stereocenters. The SMILES string of the molecule is Cc1cccc2c(=O)n(CCCC(=O)Oc3ccc(-c4nnco4)cc3)cnc12. The Bertz CT molecular complexity index is 1200. The summed E-state index contributed by atoms with van der Waals surface area (Å²) in [5, 5.41) is 8.02. The van der Waals surface area contributed by atoms with Gasteiger partial charge in [-0.2, -0.15) is 0 Å². The van der Waals surface area contributed by atoms with Gasteiger partial charge in [-0.15, -0.1) is 10.2 Å². The van der Waals surface area contributed by atoms with E-state index in [4.69, 9.17) is 9.15 Å². The van der Waals surface area contributed by atoms with Gasteiger partial charge in [0.25, 0.3) is 5.56 Å². The summed E-state index contributed by atoms with van der Waals surface area (Å²) in [7, 11) is 0. The van der Waals surface area contributed by atoms with E-state index < -0.39 is 0 Å². The van der Waals surface area contributed by atoms with Crippen molar-refractivity contribution < 1.29 is 13.9 Å². The van der Waals surface area contributed by atoms with E-state index in [9.17, 15) is 9.59 Å². The van der Waals surface area contributed by atoms with E-state index in [1.165, 1.54) is 17.3 Å². The molecule has 0 atom stereocenters. The number of rotatable bonds is 6. The topological polar surface area (TPSA) is 100 Å². The molecule has 2 heterocycles. The fraction of sp³-hybridized carbons (Fsp3) is 0.190. The van der Waals surface area contributed by atoms with E-state index in [-0.39, 0.29) is 17.9 Å². The zero-order chi connectivity index (χ0) is 20.2. The molecule has 0 N–H and O–H groups in total. The molecule has 0 fully saturated rings. The summed E-state index contributed by atoms with van der Waals surface area (Å²) < 4.78 is 12.0. The number of benzene rings is 2. The molecule has 0 aliphatic rings. The standard InChI is InChI=1S/C21H18N4O4/c1-14-4-2-5-17-19(14)22-12-25(21(17)27)11-3-6-18(26)29-16-9-7-15(8-10-16)20-24-23-13-28-20/h2,4-5,7-10,12-13H,3,6,11H2,1H3. The largest absolute Gasteiger partial charge is 0.427 e. The van der Waals surface area contributed by atoms with Gasteiger partial charge in [0.2, 0.25) is 12.3 Å². The van der Waals surface area contributed by atoms with Crippen LogP contribution in [0.4, 0.5) is 0 Å². The number of aromatic nitrogens is 4. The van der Waals surface area contributed by atoms with Crippen LogP contribution in [0.5, 0.6) is 5.75 Å². The van der Waals surface area contributed by atoms with Crippen molar-refractivity contribution in [2.75, 3.05) is 0 Å². The van der Waals surface area contributed by atoms with Crippen LogP contribution < -0.4 is 10.3 Å². The van der Waals surface area contributed by atoms with Crippen LogP contribution in [0.1, 0.15) is 18.4 Å². The zero-order valence-electron chi connectivity index (χ0n) is 15.7. The molecule has 0 aliphatic carbocycles. The highest BCUT2D eigenvalue weighted by Gasteiger charge is 2.09. The van der Waals surface area contributed by atoms with Crippen molar-refractivity contribution in [3.05, 3.63) is 71.1 Å². The number of esters is 1. The molecule has 0 bridgehead atoms. The normalized spacial score (nSPS) is 10.9. The van der Waals surface area contributed by atoms with E-state index in [1.807, 2.05) is 19.1 Å². The van der Waals surface area contributed by atoms with Crippen LogP contribution in [0.25, 0.3) is 22.4 Å². The second kappa shape index (κ2) is 8.05. The van der Waals surface area contributed by atoms with Gasteiger partial charge in [0.15, 0.2) is 0 Å². The van der Waals surface area contributed by atoms with Gasteiger partial charge >= 0.3 is 5.97 Å². The van der Waals surface area contributed by atoms with Gasteiger partial charge < -0.3 is 9.15 Å². The maximum absolute atomic E-state index is 12.6. The summed E-state index contributed by atoms with van der Waals surface area (Å²) in [6, 6.07) is 12.3. The van der Waals surface area contributed by atoms with Crippen LogP contribution in [0, 0.1) is 6.92 Å². The van der Waals surface area contributed by atoms with Crippen molar-refractivity contribution in [1.29, 1.82) is 0 Å². The number of nitrogens with zero attached hydrogens (tertiary/aromatic N) is 4. The predicted octanol–water partition coefficient (Wildman–Crippen LogP) is 3.14. The van der Waals surface area contributed by atoms with Gasteiger partial charge in [0.05, 0.1) is 17.2 Å². The Morgan fingerprint density at radius 2 is 2.00 bits per heavy atom. The highest BCUT2D eigenvalue weighted by molar-refractivity contribution is 5.80. The molecule has 8 nitrogen and oxygen atoms in total. The Balaban J connectivity index is 1.34. The van der Waals surface area contributed by atoms with Crippen LogP contribution in [0.2, 0.25) is 0 Å². The first-order valence-corrected chi connectivity index (χ1v) is 9.14. The number of ether oxygens (including phenoxy) is 1. The third-order valence-corrected chi connectivity index (χ3v) is 4.53. The summed E-state index contributed by atoms with van der Waals surface area (Å²) >= 11 is 0. The molecule has 4 aromatic rings. The molecule has 0 spiro atoms. The number of carbonyl (C=O) groups excluding carboxylic acids is 1. The first-order chi connectivity index (χ1) is 14.1. The minimum absolute atomic E-state index is 0.108. The average Bonchev–Trinajstić information content (AvgIpc) is 3.26. The Hall–Kier alpha value is -3.81. The zero-order valence-corrected chi connectivity index (χ0v) is 15.7. The van der Waals surface area contributed by atoms with E-state index in [2.05, 4.69) is 15.2 Å². The number of para-hydroxylation sites is 1. The maximum atomic E-state index is 12.6. The lowest BCUT2D eigenvalue weighted by atomic mass is 10.1. The van der Waals surface area contributed by atoms with Gasteiger partial charge in [-0.05, 0) is 49.2 Å². The molecule has 0 saturated heterocycles. The molecule has 4 rings (SSSR count). The smallest absolute Gasteiger partial charge is 0.311 e. The van der Waals surface area contributed by atoms with Crippen molar-refractivity contribution in [3.63, 3.8) is 0 Å². The quantitative estimate of drug-likeness (QED) is 0.368. The highest BCUT2D eigenvalue weighted by Crippen LogP contribution is 2.20. The second-order valence-electron chi connectivity index (χ2n) is 6.56. The lowest BCUT2D eigenvalue weighted by Gasteiger charge is -2.08. The molecule has 0 saturated carbocycles. The number of carbonyl (C=O) groups is 1. The molecule has 0 amide bonds. The second-order valence-corrected chi connectivity index (χ2v) is 6.56. The van der Waals surface area contributed by atoms with E-state index in [0.29, 0.717) is 35.5 Å². The van der Waals surface area contributed by atoms with Crippen molar-refractivity contribution in [2.45, 2.75) is 26.3 Å². The highest BCUT2D eigenvalue weighted by atomic mass is 16.5. The fourth-order valence-corrected chi connectivity index (χ4v) is 3.04. The number of hydrogen-bond donors (Lipinski definition) is 0. The molecule has 8 heteroatoms. The van der Waals surface area contributed by atoms with Crippen molar-refractivity contribution in [1.82, 2.24) is 19.7 Å². The predicted molar refractivity (Wildman–Crippen MR) is 105 cm³/mol.